The Hall–Kier alpha value is -2.08. The minimum absolute atomic E-state index is 0.851. The lowest BCUT2D eigenvalue weighted by molar-refractivity contribution is -0.159. The lowest BCUT2D eigenvalue weighted by atomic mass is 10.2. The summed E-state index contributed by atoms with van der Waals surface area (Å²) in [5.74, 6) is -2.70. The number of benzene rings is 1. The molecule has 6 heteroatoms. The van der Waals surface area contributed by atoms with Crippen LogP contribution in [-0.4, -0.2) is 36.3 Å². The van der Waals surface area contributed by atoms with Crippen molar-refractivity contribution in [2.24, 2.45) is 0 Å². The van der Waals surface area contributed by atoms with Gasteiger partial charge in [0.2, 0.25) is 0 Å². The third-order valence-corrected chi connectivity index (χ3v) is 1.74. The first kappa shape index (κ1) is 14.9. The zero-order valence-electron chi connectivity index (χ0n) is 9.64. The Kier molecular flexibility index (Phi) is 7.12. The summed E-state index contributed by atoms with van der Waals surface area (Å²) < 4.78 is 5.16. The van der Waals surface area contributed by atoms with Gasteiger partial charge in [-0.15, -0.1) is 0 Å². The van der Waals surface area contributed by atoms with Gasteiger partial charge in [0.05, 0.1) is 7.11 Å². The van der Waals surface area contributed by atoms with Crippen LogP contribution in [0.5, 0.6) is 5.75 Å². The number of ether oxygens (including phenoxy) is 1. The summed E-state index contributed by atoms with van der Waals surface area (Å²) in [4.78, 5) is 18.2. The number of methoxy groups -OCH3 is 1. The summed E-state index contributed by atoms with van der Waals surface area (Å²) in [6.45, 7) is 0.851. The second kappa shape index (κ2) is 8.12. The number of hydrogen-bond acceptors (Lipinski definition) is 4. The molecule has 0 spiro atoms. The molecule has 1 rings (SSSR count). The predicted molar refractivity (Wildman–Crippen MR) is 61.0 cm³/mol. The highest BCUT2D eigenvalue weighted by molar-refractivity contribution is 6.27. The monoisotopic (exact) mass is 241 g/mol. The van der Waals surface area contributed by atoms with E-state index in [4.69, 9.17) is 24.5 Å². The third kappa shape index (κ3) is 6.16. The first-order valence-electron chi connectivity index (χ1n) is 4.75. The van der Waals surface area contributed by atoms with E-state index >= 15 is 0 Å². The maximum absolute atomic E-state index is 9.10. The fourth-order valence-electron chi connectivity index (χ4n) is 1.04. The van der Waals surface area contributed by atoms with E-state index in [2.05, 4.69) is 11.4 Å². The molecule has 0 bridgehead atoms. The van der Waals surface area contributed by atoms with Crippen LogP contribution < -0.4 is 10.1 Å². The number of para-hydroxylation sites is 1. The molecular formula is C11H15NO5. The Morgan fingerprint density at radius 1 is 1.24 bits per heavy atom. The average molecular weight is 241 g/mol. The smallest absolute Gasteiger partial charge is 0.414 e. The van der Waals surface area contributed by atoms with Crippen molar-refractivity contribution in [1.82, 2.24) is 5.32 Å². The second-order valence-corrected chi connectivity index (χ2v) is 2.95. The van der Waals surface area contributed by atoms with E-state index < -0.39 is 11.9 Å². The summed E-state index contributed by atoms with van der Waals surface area (Å²) >= 11 is 0. The number of carbonyl (C=O) groups is 2. The lowest BCUT2D eigenvalue weighted by Gasteiger charge is -2.06. The first-order chi connectivity index (χ1) is 8.02. The number of nitrogens with one attached hydrogen (secondary N) is 1. The van der Waals surface area contributed by atoms with Crippen molar-refractivity contribution in [2.75, 3.05) is 14.2 Å². The standard InChI is InChI=1S/C9H13NO.C2H2O4/c1-10-7-8-5-3-4-6-9(8)11-2;3-1(4)2(5)6/h3-6,10H,7H2,1-2H3;(H,3,4)(H,5,6). The fraction of sp³-hybridized carbons (Fsp3) is 0.273. The molecule has 0 aliphatic rings. The predicted octanol–water partition coefficient (Wildman–Crippen LogP) is 0.570. The molecule has 0 atom stereocenters. The van der Waals surface area contributed by atoms with Gasteiger partial charge in [-0.2, -0.15) is 0 Å². The van der Waals surface area contributed by atoms with E-state index in [-0.39, 0.29) is 0 Å². The Bertz CT molecular complexity index is 366. The number of rotatable bonds is 3. The molecule has 0 radical (unpaired) electrons. The van der Waals surface area contributed by atoms with Gasteiger partial charge in [-0.1, -0.05) is 18.2 Å². The molecule has 6 nitrogen and oxygen atoms in total. The molecule has 0 heterocycles. The molecule has 17 heavy (non-hydrogen) atoms. The third-order valence-electron chi connectivity index (χ3n) is 1.74. The molecule has 0 saturated carbocycles. The topological polar surface area (TPSA) is 95.9 Å². The van der Waals surface area contributed by atoms with Crippen molar-refractivity contribution in [2.45, 2.75) is 6.54 Å². The van der Waals surface area contributed by atoms with Crippen molar-refractivity contribution in [3.8, 4) is 5.75 Å². The highest BCUT2D eigenvalue weighted by Crippen LogP contribution is 2.16. The highest BCUT2D eigenvalue weighted by Gasteiger charge is 2.04. The van der Waals surface area contributed by atoms with Crippen molar-refractivity contribution in [1.29, 1.82) is 0 Å². The molecule has 0 aromatic heterocycles. The Morgan fingerprint density at radius 2 is 1.76 bits per heavy atom. The normalized spacial score (nSPS) is 8.82. The summed E-state index contributed by atoms with van der Waals surface area (Å²) in [6, 6.07) is 8.00. The van der Waals surface area contributed by atoms with Crippen molar-refractivity contribution in [3.05, 3.63) is 29.8 Å². The maximum Gasteiger partial charge on any atom is 0.414 e. The highest BCUT2D eigenvalue weighted by atomic mass is 16.5. The van der Waals surface area contributed by atoms with Crippen molar-refractivity contribution >= 4 is 11.9 Å². The summed E-state index contributed by atoms with van der Waals surface area (Å²) in [5.41, 5.74) is 1.19. The van der Waals surface area contributed by atoms with Gasteiger partial charge in [0.25, 0.3) is 0 Å². The molecule has 0 aliphatic heterocycles. The molecule has 0 amide bonds. The summed E-state index contributed by atoms with van der Waals surface area (Å²) in [7, 11) is 3.61. The van der Waals surface area contributed by atoms with Crippen LogP contribution in [0.2, 0.25) is 0 Å². The molecule has 1 aromatic carbocycles. The van der Waals surface area contributed by atoms with Gasteiger partial charge in [-0.25, -0.2) is 9.59 Å². The van der Waals surface area contributed by atoms with E-state index in [1.54, 1.807) is 7.11 Å². The van der Waals surface area contributed by atoms with Crippen LogP contribution in [0.25, 0.3) is 0 Å². The number of hydrogen-bond donors (Lipinski definition) is 3. The van der Waals surface area contributed by atoms with Gasteiger partial charge in [-0.3, -0.25) is 0 Å². The molecule has 0 unspecified atom stereocenters. The minimum atomic E-state index is -1.82. The van der Waals surface area contributed by atoms with Crippen LogP contribution in [0.1, 0.15) is 5.56 Å². The number of carboxylic acid groups (broad SMARTS) is 2. The Morgan fingerprint density at radius 3 is 2.18 bits per heavy atom. The van der Waals surface area contributed by atoms with Crippen LogP contribution >= 0.6 is 0 Å². The fourth-order valence-corrected chi connectivity index (χ4v) is 1.04. The molecule has 94 valence electrons. The van der Waals surface area contributed by atoms with E-state index in [9.17, 15) is 0 Å². The molecule has 1 aromatic rings. The lowest BCUT2D eigenvalue weighted by Crippen LogP contribution is -2.09. The van der Waals surface area contributed by atoms with Crippen LogP contribution in [-0.2, 0) is 16.1 Å². The van der Waals surface area contributed by atoms with E-state index in [1.807, 2.05) is 25.2 Å². The zero-order valence-corrected chi connectivity index (χ0v) is 9.64. The maximum atomic E-state index is 9.10. The van der Waals surface area contributed by atoms with Crippen molar-refractivity contribution < 1.29 is 24.5 Å². The van der Waals surface area contributed by atoms with Crippen LogP contribution in [0.3, 0.4) is 0 Å². The SMILES string of the molecule is CNCc1ccccc1OC.O=C(O)C(=O)O. The molecule has 3 N–H and O–H groups in total. The van der Waals surface area contributed by atoms with Gasteiger partial charge in [0, 0.05) is 12.1 Å². The second-order valence-electron chi connectivity index (χ2n) is 2.95. The van der Waals surface area contributed by atoms with Crippen molar-refractivity contribution in [3.63, 3.8) is 0 Å². The largest absolute Gasteiger partial charge is 0.496 e. The quantitative estimate of drug-likeness (QED) is 0.669. The van der Waals surface area contributed by atoms with Gasteiger partial charge < -0.3 is 20.3 Å². The van der Waals surface area contributed by atoms with Gasteiger partial charge in [0.15, 0.2) is 0 Å². The first-order valence-corrected chi connectivity index (χ1v) is 4.75. The average Bonchev–Trinajstić information content (AvgIpc) is 2.31. The van der Waals surface area contributed by atoms with E-state index in [0.29, 0.717) is 0 Å². The van der Waals surface area contributed by atoms with Crippen LogP contribution in [0.4, 0.5) is 0 Å². The van der Waals surface area contributed by atoms with E-state index in [1.165, 1.54) is 5.56 Å². The Balaban J connectivity index is 0.000000366. The number of aliphatic carboxylic acids is 2. The van der Waals surface area contributed by atoms with Gasteiger partial charge >= 0.3 is 11.9 Å². The molecular weight excluding hydrogens is 226 g/mol. The van der Waals surface area contributed by atoms with E-state index in [0.717, 1.165) is 12.3 Å². The minimum Gasteiger partial charge on any atom is -0.496 e. The summed E-state index contributed by atoms with van der Waals surface area (Å²) in [5, 5.41) is 17.9. The van der Waals surface area contributed by atoms with Gasteiger partial charge in [0.1, 0.15) is 5.75 Å². The molecule has 0 saturated heterocycles. The zero-order chi connectivity index (χ0) is 13.3. The molecule has 0 fully saturated rings. The van der Waals surface area contributed by atoms with Gasteiger partial charge in [-0.05, 0) is 13.1 Å². The Labute approximate surface area is 98.8 Å². The van der Waals surface area contributed by atoms with Crippen LogP contribution in [0, 0.1) is 0 Å². The summed E-state index contributed by atoms with van der Waals surface area (Å²) in [6.07, 6.45) is 0. The van der Waals surface area contributed by atoms with Crippen LogP contribution in [0.15, 0.2) is 24.3 Å². The number of carboxylic acids is 2. The molecule has 0 aliphatic carbocycles.